The third-order valence-corrected chi connectivity index (χ3v) is 9.16. The summed E-state index contributed by atoms with van der Waals surface area (Å²) in [5, 5.41) is 0. The van der Waals surface area contributed by atoms with E-state index in [4.69, 9.17) is 22.5 Å². The van der Waals surface area contributed by atoms with Gasteiger partial charge in [0.15, 0.2) is 0 Å². The second-order valence-electron chi connectivity index (χ2n) is 7.88. The maximum atomic E-state index is 7.20. The zero-order chi connectivity index (χ0) is 21.5. The number of benzene rings is 4. The van der Waals surface area contributed by atoms with E-state index in [2.05, 4.69) is 121 Å². The topological polar surface area (TPSA) is 0 Å². The minimum atomic E-state index is -2.27. The van der Waals surface area contributed by atoms with E-state index in [-0.39, 0.29) is 32.3 Å². The van der Waals surface area contributed by atoms with Crippen LogP contribution in [0.4, 0.5) is 0 Å². The molecule has 0 aliphatic rings. The minimum absolute atomic E-state index is 0. The van der Waals surface area contributed by atoms with Gasteiger partial charge >= 0.3 is 0 Å². The van der Waals surface area contributed by atoms with Crippen molar-refractivity contribution in [1.29, 1.82) is 0 Å². The van der Waals surface area contributed by atoms with Gasteiger partial charge in [-0.1, -0.05) is 121 Å². The normalized spacial score (nSPS) is 11.4. The molecule has 0 aliphatic carbocycles. The predicted octanol–water partition coefficient (Wildman–Crippen LogP) is 8.97. The summed E-state index contributed by atoms with van der Waals surface area (Å²) in [7, 11) is 0. The van der Waals surface area contributed by atoms with Gasteiger partial charge in [0.1, 0.15) is 34.8 Å². The average Bonchev–Trinajstić information content (AvgIpc) is 2.83. The first-order valence-electron chi connectivity index (χ1n) is 10.6. The number of rotatable bonds is 8. The second-order valence-corrected chi connectivity index (χ2v) is 14.5. The molecular formula is C28H26Cl2PPd+. The van der Waals surface area contributed by atoms with Crippen LogP contribution in [0, 0.1) is 0 Å². The van der Waals surface area contributed by atoms with Gasteiger partial charge in [0.25, 0.3) is 0 Å². The van der Waals surface area contributed by atoms with Gasteiger partial charge in [0, 0.05) is 32.3 Å². The molecule has 0 heterocycles. The van der Waals surface area contributed by atoms with Crippen molar-refractivity contribution in [3.8, 4) is 0 Å². The molecule has 4 heteroatoms. The van der Waals surface area contributed by atoms with Crippen molar-refractivity contribution in [2.45, 2.75) is 11.8 Å². The molecule has 0 spiro atoms. The summed E-state index contributed by atoms with van der Waals surface area (Å²) in [6, 6.07) is 42.3. The van der Waals surface area contributed by atoms with Gasteiger partial charge in [0.2, 0.25) is 5.97 Å². The SMILES string of the molecule is Cl[P+](Cl)(CC(c1ccccc1)c1ccccc1)CC(c1ccccc1)c1ccccc1.[Pd]. The first-order valence-corrected chi connectivity index (χ1v) is 14.6. The van der Waals surface area contributed by atoms with Gasteiger partial charge in [-0.25, -0.2) is 0 Å². The van der Waals surface area contributed by atoms with E-state index >= 15 is 0 Å². The van der Waals surface area contributed by atoms with Crippen molar-refractivity contribution >= 4 is 28.4 Å². The van der Waals surface area contributed by atoms with E-state index in [1.807, 2.05) is 0 Å². The van der Waals surface area contributed by atoms with E-state index in [0.717, 1.165) is 12.3 Å². The fourth-order valence-electron chi connectivity index (χ4n) is 4.16. The van der Waals surface area contributed by atoms with E-state index in [1.165, 1.54) is 22.3 Å². The predicted molar refractivity (Wildman–Crippen MR) is 138 cm³/mol. The van der Waals surface area contributed by atoms with Crippen LogP contribution in [0.1, 0.15) is 34.1 Å². The fourth-order valence-corrected chi connectivity index (χ4v) is 7.87. The summed E-state index contributed by atoms with van der Waals surface area (Å²) >= 11 is 14.4. The average molecular weight is 571 g/mol. The quantitative estimate of drug-likeness (QED) is 0.147. The molecule has 4 rings (SSSR count). The zero-order valence-electron chi connectivity index (χ0n) is 17.6. The molecule has 0 nitrogen and oxygen atoms in total. The Morgan fingerprint density at radius 1 is 0.438 bits per heavy atom. The summed E-state index contributed by atoms with van der Waals surface area (Å²) in [6.45, 7) is 0. The van der Waals surface area contributed by atoms with Crippen molar-refractivity contribution in [2.24, 2.45) is 0 Å². The summed E-state index contributed by atoms with van der Waals surface area (Å²) in [5.41, 5.74) is 5.04. The van der Waals surface area contributed by atoms with Gasteiger partial charge in [0.05, 0.1) is 0 Å². The number of halogens is 2. The molecule has 0 fully saturated rings. The molecule has 0 saturated carbocycles. The maximum Gasteiger partial charge on any atom is 0.213 e. The van der Waals surface area contributed by atoms with Gasteiger partial charge in [-0.15, -0.1) is 0 Å². The first-order chi connectivity index (χ1) is 15.1. The Morgan fingerprint density at radius 2 is 0.656 bits per heavy atom. The van der Waals surface area contributed by atoms with E-state index in [0.29, 0.717) is 0 Å². The molecule has 0 unspecified atom stereocenters. The van der Waals surface area contributed by atoms with Crippen molar-refractivity contribution in [1.82, 2.24) is 0 Å². The van der Waals surface area contributed by atoms with Crippen molar-refractivity contribution < 1.29 is 20.4 Å². The molecule has 0 atom stereocenters. The Bertz CT molecular complexity index is 892. The van der Waals surface area contributed by atoms with Gasteiger partial charge in [-0.2, -0.15) is 0 Å². The summed E-state index contributed by atoms with van der Waals surface area (Å²) < 4.78 is 0. The zero-order valence-corrected chi connectivity index (χ0v) is 21.6. The van der Waals surface area contributed by atoms with Crippen molar-refractivity contribution in [3.63, 3.8) is 0 Å². The Hall–Kier alpha value is -1.45. The molecule has 0 N–H and O–H groups in total. The molecule has 0 aromatic heterocycles. The van der Waals surface area contributed by atoms with E-state index in [1.54, 1.807) is 0 Å². The summed E-state index contributed by atoms with van der Waals surface area (Å²) in [4.78, 5) is 0. The molecule has 4 aromatic carbocycles. The third-order valence-electron chi connectivity index (χ3n) is 5.71. The molecule has 0 saturated heterocycles. The van der Waals surface area contributed by atoms with E-state index in [9.17, 15) is 0 Å². The monoisotopic (exact) mass is 569 g/mol. The van der Waals surface area contributed by atoms with Crippen LogP contribution >= 0.6 is 28.4 Å². The molecule has 32 heavy (non-hydrogen) atoms. The Morgan fingerprint density at radius 3 is 0.875 bits per heavy atom. The smallest absolute Gasteiger partial charge is 0.0622 e. The van der Waals surface area contributed by atoms with Crippen LogP contribution in [-0.2, 0) is 20.4 Å². The largest absolute Gasteiger partial charge is 0.213 e. The van der Waals surface area contributed by atoms with Crippen LogP contribution in [0.2, 0.25) is 0 Å². The molecule has 0 amide bonds. The van der Waals surface area contributed by atoms with Gasteiger partial charge in [-0.3, -0.25) is 0 Å². The first kappa shape index (κ1) is 25.2. The van der Waals surface area contributed by atoms with Crippen molar-refractivity contribution in [2.75, 3.05) is 12.3 Å². The van der Waals surface area contributed by atoms with E-state index < -0.39 is 5.97 Å². The third kappa shape index (κ3) is 6.78. The molecule has 4 aromatic rings. The standard InChI is InChI=1S/C28H26Cl2P.Pd/c29-31(30,21-27(23-13-5-1-6-14-23)24-15-7-2-8-16-24)22-28(25-17-9-3-10-18-25)26-19-11-4-12-20-26;/h1-20,27-28H,21-22H2;/q+1;. The van der Waals surface area contributed by atoms with Gasteiger partial charge < -0.3 is 0 Å². The van der Waals surface area contributed by atoms with Crippen LogP contribution in [-0.4, -0.2) is 12.3 Å². The molecule has 0 aliphatic heterocycles. The Kier molecular flexibility index (Phi) is 9.55. The molecule has 166 valence electrons. The fraction of sp³-hybridized carbons (Fsp3) is 0.143. The number of hydrogen-bond donors (Lipinski definition) is 0. The molecular weight excluding hydrogens is 545 g/mol. The summed E-state index contributed by atoms with van der Waals surface area (Å²) in [6.07, 6.45) is 1.50. The minimum Gasteiger partial charge on any atom is -0.0622 e. The van der Waals surface area contributed by atoms with Gasteiger partial charge in [-0.05, 0) is 22.3 Å². The second kappa shape index (κ2) is 12.1. The molecule has 0 bridgehead atoms. The maximum absolute atomic E-state index is 7.20. The van der Waals surface area contributed by atoms with Crippen molar-refractivity contribution in [3.05, 3.63) is 144 Å². The van der Waals surface area contributed by atoms with Crippen LogP contribution in [0.15, 0.2) is 121 Å². The Labute approximate surface area is 215 Å². The Balaban J connectivity index is 0.00000289. The van der Waals surface area contributed by atoms with Crippen LogP contribution < -0.4 is 0 Å². The van der Waals surface area contributed by atoms with Crippen LogP contribution in [0.5, 0.6) is 0 Å². The molecule has 0 radical (unpaired) electrons. The summed E-state index contributed by atoms with van der Waals surface area (Å²) in [5.74, 6) is -1.91. The number of hydrogen-bond acceptors (Lipinski definition) is 0. The van der Waals surface area contributed by atoms with Crippen LogP contribution in [0.25, 0.3) is 0 Å². The van der Waals surface area contributed by atoms with Crippen LogP contribution in [0.3, 0.4) is 0 Å².